The van der Waals surface area contributed by atoms with Crippen LogP contribution in [0.2, 0.25) is 0 Å². The number of benzene rings is 2. The molecule has 0 aliphatic heterocycles. The molecule has 0 fully saturated rings. The lowest BCUT2D eigenvalue weighted by Gasteiger charge is -2.13. The van der Waals surface area contributed by atoms with Crippen molar-refractivity contribution in [3.63, 3.8) is 0 Å². The molecule has 28 heavy (non-hydrogen) atoms. The number of halogens is 2. The van der Waals surface area contributed by atoms with Gasteiger partial charge in [0.15, 0.2) is 0 Å². The van der Waals surface area contributed by atoms with Gasteiger partial charge in [0.2, 0.25) is 0 Å². The first-order chi connectivity index (χ1) is 13.7. The Balaban J connectivity index is 2.40. The van der Waals surface area contributed by atoms with Crippen LogP contribution in [0.15, 0.2) is 59.7 Å². The molecule has 0 aromatic heterocycles. The number of allylic oxidation sites excluding steroid dienone is 2. The summed E-state index contributed by atoms with van der Waals surface area (Å²) in [6, 6.07) is 16.5. The van der Waals surface area contributed by atoms with E-state index < -0.39 is 0 Å². The zero-order valence-corrected chi connectivity index (χ0v) is 19.6. The zero-order chi connectivity index (χ0) is 20.2. The van der Waals surface area contributed by atoms with Gasteiger partial charge in [0.25, 0.3) is 0 Å². The second-order valence-corrected chi connectivity index (χ2v) is 7.90. The maximum atomic E-state index is 5.39. The van der Waals surface area contributed by atoms with Crippen molar-refractivity contribution < 1.29 is 9.47 Å². The van der Waals surface area contributed by atoms with E-state index in [9.17, 15) is 0 Å². The molecule has 2 aromatic rings. The smallest absolute Gasteiger partial charge is 0.119 e. The molecule has 0 radical (unpaired) electrons. The van der Waals surface area contributed by atoms with Crippen LogP contribution in [0.4, 0.5) is 0 Å². The minimum Gasteiger partial charge on any atom is -0.497 e. The third-order valence-corrected chi connectivity index (χ3v) is 5.14. The first-order valence-corrected chi connectivity index (χ1v) is 11.5. The monoisotopic (exact) mass is 504 g/mol. The fourth-order valence-electron chi connectivity index (χ4n) is 2.95. The fourth-order valence-corrected chi connectivity index (χ4v) is 3.63. The Hall–Kier alpha value is -1.70. The molecule has 2 rings (SSSR count). The summed E-state index contributed by atoms with van der Waals surface area (Å²) >= 11 is 7.08. The minimum absolute atomic E-state index is 0.804. The van der Waals surface area contributed by atoms with Crippen LogP contribution in [0.3, 0.4) is 0 Å². The zero-order valence-electron chi connectivity index (χ0n) is 16.4. The van der Waals surface area contributed by atoms with Gasteiger partial charge in [0.05, 0.1) is 14.2 Å². The van der Waals surface area contributed by atoms with Gasteiger partial charge in [-0.1, -0.05) is 73.5 Å². The van der Waals surface area contributed by atoms with Gasteiger partial charge in [-0.3, -0.25) is 0 Å². The minimum atomic E-state index is 0.804. The van der Waals surface area contributed by atoms with Gasteiger partial charge in [-0.05, 0) is 48.2 Å². The van der Waals surface area contributed by atoms with E-state index in [4.69, 9.17) is 9.47 Å². The summed E-state index contributed by atoms with van der Waals surface area (Å²) in [5.41, 5.74) is 4.99. The Labute approximate surface area is 185 Å². The van der Waals surface area contributed by atoms with Gasteiger partial charge < -0.3 is 9.47 Å². The molecule has 0 saturated heterocycles. The topological polar surface area (TPSA) is 18.5 Å². The number of hydrogen-bond acceptors (Lipinski definition) is 2. The van der Waals surface area contributed by atoms with Crippen molar-refractivity contribution in [1.29, 1.82) is 0 Å². The van der Waals surface area contributed by atoms with Crippen LogP contribution in [0.1, 0.15) is 24.0 Å². The molecule has 2 aromatic carbocycles. The van der Waals surface area contributed by atoms with Gasteiger partial charge >= 0.3 is 0 Å². The molecule has 0 aliphatic carbocycles. The van der Waals surface area contributed by atoms with E-state index in [1.807, 2.05) is 24.3 Å². The van der Waals surface area contributed by atoms with E-state index in [0.717, 1.165) is 47.8 Å². The van der Waals surface area contributed by atoms with Crippen LogP contribution in [0.5, 0.6) is 11.5 Å². The lowest BCUT2D eigenvalue weighted by molar-refractivity contribution is 0.414. The van der Waals surface area contributed by atoms with Crippen molar-refractivity contribution in [2.24, 2.45) is 0 Å². The van der Waals surface area contributed by atoms with E-state index >= 15 is 0 Å². The molecule has 0 amide bonds. The second kappa shape index (κ2) is 12.7. The van der Waals surface area contributed by atoms with Crippen molar-refractivity contribution in [2.45, 2.75) is 25.7 Å². The van der Waals surface area contributed by atoms with Crippen molar-refractivity contribution in [3.05, 3.63) is 70.8 Å². The molecular formula is C24H26Br2O2. The van der Waals surface area contributed by atoms with E-state index in [-0.39, 0.29) is 0 Å². The molecule has 2 nitrogen and oxygen atoms in total. The molecule has 0 heterocycles. The Kier molecular flexibility index (Phi) is 10.2. The lowest BCUT2D eigenvalue weighted by Crippen LogP contribution is -2.01. The number of alkyl halides is 2. The highest BCUT2D eigenvalue weighted by Gasteiger charge is 2.09. The Morgan fingerprint density at radius 3 is 2.00 bits per heavy atom. The van der Waals surface area contributed by atoms with Crippen LogP contribution < -0.4 is 9.47 Å². The van der Waals surface area contributed by atoms with Crippen molar-refractivity contribution in [3.8, 4) is 23.3 Å². The molecule has 0 bridgehead atoms. The predicted molar refractivity (Wildman–Crippen MR) is 125 cm³/mol. The molecule has 0 atom stereocenters. The van der Waals surface area contributed by atoms with E-state index in [2.05, 4.69) is 68.0 Å². The highest BCUT2D eigenvalue weighted by molar-refractivity contribution is 9.09. The summed E-state index contributed by atoms with van der Waals surface area (Å²) < 4.78 is 10.8. The third-order valence-electron chi connectivity index (χ3n) is 4.35. The van der Waals surface area contributed by atoms with Crippen LogP contribution in [0, 0.1) is 11.8 Å². The quantitative estimate of drug-likeness (QED) is 0.291. The maximum Gasteiger partial charge on any atom is 0.119 e. The summed E-state index contributed by atoms with van der Waals surface area (Å²) in [6.07, 6.45) is 3.46. The van der Waals surface area contributed by atoms with Crippen molar-refractivity contribution >= 4 is 31.9 Å². The SMILES string of the molecule is COc1cccc(C/C(C#CCCBr)=C(\CCBr)Cc2cccc(OC)c2)c1. The molecule has 0 unspecified atom stereocenters. The second-order valence-electron chi connectivity index (χ2n) is 6.32. The van der Waals surface area contributed by atoms with Gasteiger partial charge in [-0.2, -0.15) is 0 Å². The van der Waals surface area contributed by atoms with E-state index in [1.54, 1.807) is 14.2 Å². The van der Waals surface area contributed by atoms with Crippen LogP contribution in [0.25, 0.3) is 0 Å². The first-order valence-electron chi connectivity index (χ1n) is 9.27. The molecule has 0 saturated carbocycles. The third kappa shape index (κ3) is 7.37. The predicted octanol–water partition coefficient (Wildman–Crippen LogP) is 6.36. The number of ether oxygens (including phenoxy) is 2. The van der Waals surface area contributed by atoms with Crippen LogP contribution in [-0.2, 0) is 12.8 Å². The largest absolute Gasteiger partial charge is 0.497 e. The standard InChI is InChI=1S/C24H26Br2O2/c1-27-23-10-5-7-19(17-23)15-21(9-3-4-13-25)22(12-14-26)16-20-8-6-11-24(18-20)28-2/h5-8,10-11,17-18H,4,12-16H2,1-2H3/b22-21+. The summed E-state index contributed by atoms with van der Waals surface area (Å²) in [5.74, 6) is 8.51. The molecule has 0 N–H and O–H groups in total. The van der Waals surface area contributed by atoms with Crippen LogP contribution in [-0.4, -0.2) is 24.9 Å². The average molecular weight is 506 g/mol. The molecular weight excluding hydrogens is 480 g/mol. The van der Waals surface area contributed by atoms with Crippen molar-refractivity contribution in [1.82, 2.24) is 0 Å². The highest BCUT2D eigenvalue weighted by atomic mass is 79.9. The number of methoxy groups -OCH3 is 2. The van der Waals surface area contributed by atoms with Gasteiger partial charge in [0, 0.05) is 29.1 Å². The summed E-state index contributed by atoms with van der Waals surface area (Å²) in [6.45, 7) is 0. The van der Waals surface area contributed by atoms with Gasteiger partial charge in [0.1, 0.15) is 11.5 Å². The molecule has 0 aliphatic rings. The molecule has 4 heteroatoms. The fraction of sp³-hybridized carbons (Fsp3) is 0.333. The molecule has 0 spiro atoms. The lowest BCUT2D eigenvalue weighted by atomic mass is 9.93. The Bertz CT molecular complexity index is 847. The normalized spacial score (nSPS) is 11.3. The van der Waals surface area contributed by atoms with E-state index in [1.165, 1.54) is 22.3 Å². The molecule has 148 valence electrons. The highest BCUT2D eigenvalue weighted by Crippen LogP contribution is 2.23. The number of hydrogen-bond donors (Lipinski definition) is 0. The van der Waals surface area contributed by atoms with Crippen LogP contribution >= 0.6 is 31.9 Å². The maximum absolute atomic E-state index is 5.39. The average Bonchev–Trinajstić information content (AvgIpc) is 2.73. The summed E-state index contributed by atoms with van der Waals surface area (Å²) in [4.78, 5) is 0. The van der Waals surface area contributed by atoms with E-state index in [0.29, 0.717) is 0 Å². The summed E-state index contributed by atoms with van der Waals surface area (Å²) in [5, 5.41) is 1.80. The first kappa shape index (κ1) is 22.6. The Morgan fingerprint density at radius 2 is 1.46 bits per heavy atom. The van der Waals surface area contributed by atoms with Gasteiger partial charge in [-0.15, -0.1) is 0 Å². The van der Waals surface area contributed by atoms with Crippen molar-refractivity contribution in [2.75, 3.05) is 24.9 Å². The Morgan fingerprint density at radius 1 is 0.857 bits per heavy atom. The number of rotatable bonds is 9. The van der Waals surface area contributed by atoms with Gasteiger partial charge in [-0.25, -0.2) is 0 Å². The summed E-state index contributed by atoms with van der Waals surface area (Å²) in [7, 11) is 3.40.